The molecule has 0 spiro atoms. The molecule has 1 rings (SSSR count). The van der Waals surface area contributed by atoms with Crippen molar-refractivity contribution in [1.29, 1.82) is 0 Å². The number of carbonyl (C=O) groups is 1. The van der Waals surface area contributed by atoms with Gasteiger partial charge in [-0.15, -0.1) is 0 Å². The molecule has 0 bridgehead atoms. The van der Waals surface area contributed by atoms with E-state index in [1.807, 2.05) is 6.92 Å². The number of rotatable bonds is 4. The summed E-state index contributed by atoms with van der Waals surface area (Å²) in [5.41, 5.74) is 0.229. The Morgan fingerprint density at radius 1 is 1.62 bits per heavy atom. The zero-order valence-electron chi connectivity index (χ0n) is 9.37. The van der Waals surface area contributed by atoms with E-state index in [1.54, 1.807) is 19.3 Å². The predicted octanol–water partition coefficient (Wildman–Crippen LogP) is 1.29. The molecular formula is C11H15BrN2O2. The molecule has 0 aliphatic rings. The molecule has 5 heteroatoms. The first kappa shape index (κ1) is 13.0. The highest BCUT2D eigenvalue weighted by Crippen LogP contribution is 2.01. The molecule has 1 atom stereocenters. The van der Waals surface area contributed by atoms with Crippen molar-refractivity contribution >= 4 is 21.8 Å². The van der Waals surface area contributed by atoms with Gasteiger partial charge in [0.05, 0.1) is 0 Å². The molecule has 0 fully saturated rings. The van der Waals surface area contributed by atoms with E-state index < -0.39 is 0 Å². The molecule has 1 aromatic rings. The third kappa shape index (κ3) is 3.81. The fraction of sp³-hybridized carbons (Fsp3) is 0.455. The molecule has 0 aliphatic heterocycles. The standard InChI is InChI=1S/C11H15BrN2O2/c1-8(12)3-5-13-11(16)9-4-6-14(2)10(15)7-9/h4,6-8H,3,5H2,1-2H3,(H,13,16). The molecule has 0 aromatic carbocycles. The Balaban J connectivity index is 2.60. The van der Waals surface area contributed by atoms with Crippen molar-refractivity contribution in [1.82, 2.24) is 9.88 Å². The first-order valence-corrected chi connectivity index (χ1v) is 6.01. The number of halogens is 1. The second-order valence-corrected chi connectivity index (χ2v) is 5.25. The number of carbonyl (C=O) groups excluding carboxylic acids is 1. The van der Waals surface area contributed by atoms with Gasteiger partial charge in [0.1, 0.15) is 0 Å². The topological polar surface area (TPSA) is 51.1 Å². The average molecular weight is 287 g/mol. The lowest BCUT2D eigenvalue weighted by Gasteiger charge is -2.06. The van der Waals surface area contributed by atoms with Crippen LogP contribution >= 0.6 is 15.9 Å². The number of amides is 1. The Morgan fingerprint density at radius 2 is 2.31 bits per heavy atom. The Morgan fingerprint density at radius 3 is 2.88 bits per heavy atom. The number of aryl methyl sites for hydroxylation is 1. The van der Waals surface area contributed by atoms with Crippen molar-refractivity contribution in [2.75, 3.05) is 6.54 Å². The fourth-order valence-corrected chi connectivity index (χ4v) is 1.41. The van der Waals surface area contributed by atoms with E-state index in [0.717, 1.165) is 6.42 Å². The fourth-order valence-electron chi connectivity index (χ4n) is 1.18. The molecule has 1 heterocycles. The van der Waals surface area contributed by atoms with Crippen molar-refractivity contribution in [3.8, 4) is 0 Å². The Kier molecular flexibility index (Phi) is 4.73. The molecule has 0 radical (unpaired) electrons. The second kappa shape index (κ2) is 5.84. The maximum absolute atomic E-state index is 11.6. The van der Waals surface area contributed by atoms with Gasteiger partial charge in [0, 0.05) is 36.2 Å². The summed E-state index contributed by atoms with van der Waals surface area (Å²) in [6.07, 6.45) is 2.45. The van der Waals surface area contributed by atoms with Gasteiger partial charge in [0.25, 0.3) is 11.5 Å². The van der Waals surface area contributed by atoms with Crippen LogP contribution < -0.4 is 10.9 Å². The van der Waals surface area contributed by atoms with Gasteiger partial charge in [-0.1, -0.05) is 22.9 Å². The summed E-state index contributed by atoms with van der Waals surface area (Å²) < 4.78 is 1.43. The van der Waals surface area contributed by atoms with Crippen LogP contribution in [0.4, 0.5) is 0 Å². The molecule has 1 N–H and O–H groups in total. The van der Waals surface area contributed by atoms with E-state index in [2.05, 4.69) is 21.2 Å². The second-order valence-electron chi connectivity index (χ2n) is 3.69. The summed E-state index contributed by atoms with van der Waals surface area (Å²) in [4.78, 5) is 23.3. The number of hydrogen-bond acceptors (Lipinski definition) is 2. The minimum atomic E-state index is -0.203. The quantitative estimate of drug-likeness (QED) is 0.848. The first-order valence-electron chi connectivity index (χ1n) is 5.09. The SMILES string of the molecule is CC(Br)CCNC(=O)c1ccn(C)c(=O)c1. The maximum atomic E-state index is 11.6. The van der Waals surface area contributed by atoms with E-state index in [4.69, 9.17) is 0 Å². The summed E-state index contributed by atoms with van der Waals surface area (Å²) in [7, 11) is 1.65. The van der Waals surface area contributed by atoms with Crippen LogP contribution in [0.1, 0.15) is 23.7 Å². The molecule has 88 valence electrons. The highest BCUT2D eigenvalue weighted by Gasteiger charge is 2.06. The minimum Gasteiger partial charge on any atom is -0.352 e. The molecule has 1 aromatic heterocycles. The largest absolute Gasteiger partial charge is 0.352 e. The lowest BCUT2D eigenvalue weighted by molar-refractivity contribution is 0.0953. The average Bonchev–Trinajstić information content (AvgIpc) is 2.21. The summed E-state index contributed by atoms with van der Waals surface area (Å²) >= 11 is 3.40. The minimum absolute atomic E-state index is 0.179. The van der Waals surface area contributed by atoms with E-state index in [1.165, 1.54) is 10.6 Å². The smallest absolute Gasteiger partial charge is 0.251 e. The van der Waals surface area contributed by atoms with Gasteiger partial charge in [-0.3, -0.25) is 9.59 Å². The van der Waals surface area contributed by atoms with Gasteiger partial charge in [-0.05, 0) is 12.5 Å². The van der Waals surface area contributed by atoms with E-state index in [9.17, 15) is 9.59 Å². The maximum Gasteiger partial charge on any atom is 0.251 e. The van der Waals surface area contributed by atoms with E-state index in [-0.39, 0.29) is 11.5 Å². The van der Waals surface area contributed by atoms with Crippen LogP contribution in [-0.2, 0) is 7.05 Å². The normalized spacial score (nSPS) is 12.2. The van der Waals surface area contributed by atoms with Crippen LogP contribution in [0.2, 0.25) is 0 Å². The highest BCUT2D eigenvalue weighted by molar-refractivity contribution is 9.09. The number of pyridine rings is 1. The van der Waals surface area contributed by atoms with Crippen molar-refractivity contribution in [2.24, 2.45) is 7.05 Å². The van der Waals surface area contributed by atoms with Gasteiger partial charge in [0.2, 0.25) is 0 Å². The van der Waals surface area contributed by atoms with Gasteiger partial charge in [-0.25, -0.2) is 0 Å². The van der Waals surface area contributed by atoms with Gasteiger partial charge < -0.3 is 9.88 Å². The number of nitrogens with one attached hydrogen (secondary N) is 1. The van der Waals surface area contributed by atoms with E-state index in [0.29, 0.717) is 16.9 Å². The molecular weight excluding hydrogens is 272 g/mol. The number of alkyl halides is 1. The summed E-state index contributed by atoms with van der Waals surface area (Å²) in [5, 5.41) is 2.76. The number of aromatic nitrogens is 1. The first-order chi connectivity index (χ1) is 7.50. The lowest BCUT2D eigenvalue weighted by Crippen LogP contribution is -2.27. The van der Waals surface area contributed by atoms with Crippen LogP contribution in [0.3, 0.4) is 0 Å². The van der Waals surface area contributed by atoms with Gasteiger partial charge >= 0.3 is 0 Å². The van der Waals surface area contributed by atoms with Crippen LogP contribution in [0.25, 0.3) is 0 Å². The Labute approximate surface area is 103 Å². The molecule has 1 amide bonds. The Hall–Kier alpha value is -1.10. The summed E-state index contributed by atoms with van der Waals surface area (Å²) in [6, 6.07) is 2.97. The molecule has 1 unspecified atom stereocenters. The van der Waals surface area contributed by atoms with Gasteiger partial charge in [0.15, 0.2) is 0 Å². The van der Waals surface area contributed by atoms with Crippen molar-refractivity contribution in [3.05, 3.63) is 34.2 Å². The number of hydrogen-bond donors (Lipinski definition) is 1. The van der Waals surface area contributed by atoms with E-state index >= 15 is 0 Å². The molecule has 4 nitrogen and oxygen atoms in total. The monoisotopic (exact) mass is 286 g/mol. The summed E-state index contributed by atoms with van der Waals surface area (Å²) in [6.45, 7) is 2.62. The zero-order chi connectivity index (χ0) is 12.1. The van der Waals surface area contributed by atoms with Crippen LogP contribution in [-0.4, -0.2) is 21.8 Å². The van der Waals surface area contributed by atoms with Crippen LogP contribution in [0.15, 0.2) is 23.1 Å². The van der Waals surface area contributed by atoms with Gasteiger partial charge in [-0.2, -0.15) is 0 Å². The highest BCUT2D eigenvalue weighted by atomic mass is 79.9. The van der Waals surface area contributed by atoms with Crippen LogP contribution in [0.5, 0.6) is 0 Å². The van der Waals surface area contributed by atoms with Crippen molar-refractivity contribution in [3.63, 3.8) is 0 Å². The predicted molar refractivity (Wildman–Crippen MR) is 67.0 cm³/mol. The zero-order valence-corrected chi connectivity index (χ0v) is 11.0. The molecule has 0 saturated carbocycles. The summed E-state index contributed by atoms with van der Waals surface area (Å²) in [5.74, 6) is -0.203. The Bertz CT molecular complexity index is 426. The third-order valence-corrected chi connectivity index (χ3v) is 2.65. The third-order valence-electron chi connectivity index (χ3n) is 2.19. The van der Waals surface area contributed by atoms with Crippen molar-refractivity contribution in [2.45, 2.75) is 18.2 Å². The molecule has 0 saturated heterocycles. The number of nitrogens with zero attached hydrogens (tertiary/aromatic N) is 1. The molecule has 16 heavy (non-hydrogen) atoms. The molecule has 0 aliphatic carbocycles. The van der Waals surface area contributed by atoms with Crippen molar-refractivity contribution < 1.29 is 4.79 Å². The lowest BCUT2D eigenvalue weighted by atomic mass is 10.2. The van der Waals surface area contributed by atoms with Crippen LogP contribution in [0, 0.1) is 0 Å².